The Labute approximate surface area is 183 Å². The smallest absolute Gasteiger partial charge is 0.417 e. The quantitative estimate of drug-likeness (QED) is 0.365. The first-order valence-electron chi connectivity index (χ1n) is 9.37. The molecular formula is C20H18F5N3O3S. The number of rotatable bonds is 6. The van der Waals surface area contributed by atoms with E-state index in [1.54, 1.807) is 6.92 Å². The number of H-pyrrole nitrogens is 1. The maximum Gasteiger partial charge on any atom is 0.417 e. The average molecular weight is 475 g/mol. The third kappa shape index (κ3) is 4.45. The number of aromatic nitrogens is 3. The van der Waals surface area contributed by atoms with Crippen molar-refractivity contribution in [2.24, 2.45) is 0 Å². The van der Waals surface area contributed by atoms with Crippen LogP contribution in [0.3, 0.4) is 0 Å². The number of benzene rings is 1. The second kappa shape index (κ2) is 8.85. The van der Waals surface area contributed by atoms with Crippen LogP contribution in [-0.2, 0) is 6.18 Å². The van der Waals surface area contributed by atoms with E-state index in [-0.39, 0.29) is 39.2 Å². The van der Waals surface area contributed by atoms with E-state index in [1.165, 1.54) is 23.8 Å². The maximum absolute atomic E-state index is 13.9. The van der Waals surface area contributed by atoms with Crippen molar-refractivity contribution in [3.63, 3.8) is 0 Å². The summed E-state index contributed by atoms with van der Waals surface area (Å²) in [6.45, 7) is 0.427. The lowest BCUT2D eigenvalue weighted by Gasteiger charge is -2.19. The number of alkyl halides is 5. The minimum Gasteiger partial charge on any atom is -0.493 e. The second-order valence-corrected chi connectivity index (χ2v) is 7.27. The molecule has 3 aromatic rings. The fourth-order valence-electron chi connectivity index (χ4n) is 3.23. The highest BCUT2D eigenvalue weighted by molar-refractivity contribution is 7.71. The molecule has 2 aromatic heterocycles. The molecular weight excluding hydrogens is 457 g/mol. The van der Waals surface area contributed by atoms with Gasteiger partial charge in [0.05, 0.1) is 23.8 Å². The molecule has 0 bridgehead atoms. The van der Waals surface area contributed by atoms with Crippen molar-refractivity contribution in [2.45, 2.75) is 39.1 Å². The summed E-state index contributed by atoms with van der Waals surface area (Å²) in [5, 5.41) is -0.639. The lowest BCUT2D eigenvalue weighted by molar-refractivity contribution is -0.136. The van der Waals surface area contributed by atoms with Crippen LogP contribution in [0.5, 0.6) is 11.5 Å². The number of nitrogens with zero attached hydrogens (tertiary/aromatic N) is 2. The van der Waals surface area contributed by atoms with E-state index in [1.807, 2.05) is 6.92 Å². The number of fused-ring (bicyclic) bond motifs is 1. The third-order valence-corrected chi connectivity index (χ3v) is 5.21. The van der Waals surface area contributed by atoms with E-state index < -0.39 is 29.3 Å². The van der Waals surface area contributed by atoms with Gasteiger partial charge in [-0.15, -0.1) is 0 Å². The number of pyridine rings is 1. The van der Waals surface area contributed by atoms with Crippen LogP contribution in [0.1, 0.15) is 31.9 Å². The van der Waals surface area contributed by atoms with Crippen LogP contribution >= 0.6 is 12.2 Å². The molecule has 1 N–H and O–H groups in total. The van der Waals surface area contributed by atoms with Gasteiger partial charge in [0, 0.05) is 11.6 Å². The Morgan fingerprint density at radius 2 is 1.91 bits per heavy atom. The van der Waals surface area contributed by atoms with E-state index in [2.05, 4.69) is 14.7 Å². The van der Waals surface area contributed by atoms with Gasteiger partial charge in [0.15, 0.2) is 16.3 Å². The maximum atomic E-state index is 13.9. The average Bonchev–Trinajstić information content (AvgIpc) is 2.71. The number of hydrogen-bond acceptors (Lipinski definition) is 5. The van der Waals surface area contributed by atoms with Crippen molar-refractivity contribution in [2.75, 3.05) is 7.11 Å². The van der Waals surface area contributed by atoms with Crippen LogP contribution in [0.15, 0.2) is 29.1 Å². The Balaban J connectivity index is 2.39. The predicted octanol–water partition coefficient (Wildman–Crippen LogP) is 5.72. The number of nitrogens with one attached hydrogen (secondary N) is 1. The van der Waals surface area contributed by atoms with Gasteiger partial charge in [0.1, 0.15) is 5.65 Å². The van der Waals surface area contributed by atoms with Gasteiger partial charge in [-0.1, -0.05) is 6.92 Å². The molecule has 12 heteroatoms. The number of methoxy groups -OCH3 is 1. The van der Waals surface area contributed by atoms with Crippen molar-refractivity contribution in [1.82, 2.24) is 14.5 Å². The molecule has 0 fully saturated rings. The minimum atomic E-state index is -4.87. The molecule has 0 spiro atoms. The van der Waals surface area contributed by atoms with Gasteiger partial charge in [-0.2, -0.15) is 22.0 Å². The summed E-state index contributed by atoms with van der Waals surface area (Å²) in [6.07, 6.45) is -4.36. The molecule has 6 nitrogen and oxygen atoms in total. The zero-order valence-corrected chi connectivity index (χ0v) is 17.9. The lowest BCUT2D eigenvalue weighted by atomic mass is 10.1. The van der Waals surface area contributed by atoms with E-state index in [0.717, 1.165) is 12.1 Å². The van der Waals surface area contributed by atoms with Gasteiger partial charge in [-0.05, 0) is 49.8 Å². The van der Waals surface area contributed by atoms with Crippen LogP contribution in [0.4, 0.5) is 22.0 Å². The first-order chi connectivity index (χ1) is 15.0. The fraction of sp³-hybridized carbons (Fsp3) is 0.350. The number of ether oxygens (including phenoxy) is 2. The van der Waals surface area contributed by atoms with E-state index in [9.17, 15) is 26.7 Å². The second-order valence-electron chi connectivity index (χ2n) is 6.88. The summed E-state index contributed by atoms with van der Waals surface area (Å²) in [5.74, 6) is -0.412. The first kappa shape index (κ1) is 23.6. The topological polar surface area (TPSA) is 69.1 Å². The van der Waals surface area contributed by atoms with Crippen molar-refractivity contribution < 1.29 is 31.4 Å². The molecule has 0 saturated heterocycles. The Hall–Kier alpha value is -3.02. The molecule has 0 aliphatic carbocycles. The summed E-state index contributed by atoms with van der Waals surface area (Å²) < 4.78 is 77.6. The highest BCUT2D eigenvalue weighted by atomic mass is 32.1. The molecule has 2 heterocycles. The summed E-state index contributed by atoms with van der Waals surface area (Å²) in [5.41, 5.74) is -2.45. The van der Waals surface area contributed by atoms with Gasteiger partial charge in [-0.3, -0.25) is 14.3 Å². The third-order valence-electron chi connectivity index (χ3n) is 4.91. The summed E-state index contributed by atoms with van der Waals surface area (Å²) in [4.78, 5) is 19.0. The molecule has 3 rings (SSSR count). The van der Waals surface area contributed by atoms with Gasteiger partial charge in [0.2, 0.25) is 0 Å². The molecule has 1 aromatic carbocycles. The van der Waals surface area contributed by atoms with Gasteiger partial charge in [-0.25, -0.2) is 4.98 Å². The predicted molar refractivity (Wildman–Crippen MR) is 110 cm³/mol. The largest absolute Gasteiger partial charge is 0.493 e. The highest BCUT2D eigenvalue weighted by Crippen LogP contribution is 2.38. The van der Waals surface area contributed by atoms with Crippen LogP contribution in [0, 0.1) is 4.77 Å². The molecule has 0 aliphatic heterocycles. The molecule has 1 unspecified atom stereocenters. The molecule has 0 amide bonds. The van der Waals surface area contributed by atoms with E-state index in [4.69, 9.17) is 17.0 Å². The Bertz CT molecular complexity index is 1270. The summed E-state index contributed by atoms with van der Waals surface area (Å²) >= 11 is 5.18. The van der Waals surface area contributed by atoms with E-state index >= 15 is 0 Å². The van der Waals surface area contributed by atoms with Crippen molar-refractivity contribution in [1.29, 1.82) is 0 Å². The van der Waals surface area contributed by atoms with E-state index in [0.29, 0.717) is 6.42 Å². The van der Waals surface area contributed by atoms with Crippen molar-refractivity contribution in [3.05, 3.63) is 45.0 Å². The number of halogens is 5. The van der Waals surface area contributed by atoms with Crippen LogP contribution in [0.25, 0.3) is 22.3 Å². The van der Waals surface area contributed by atoms with Gasteiger partial charge < -0.3 is 9.47 Å². The zero-order valence-electron chi connectivity index (χ0n) is 17.1. The summed E-state index contributed by atoms with van der Waals surface area (Å²) in [6, 6.07) is 4.00. The van der Waals surface area contributed by atoms with Crippen molar-refractivity contribution >= 4 is 23.3 Å². The Morgan fingerprint density at radius 3 is 2.47 bits per heavy atom. The number of aromatic amines is 1. The standard InChI is InChI=1S/C20H18F5N3O3S/c1-4-9(2)28-16-15(17(29)27-19(28)32)11(20(23,24)25)8-12(26-16)10-5-6-13(31-18(21)22)14(7-10)30-3/h5-9,18H,4H2,1-3H3,(H,27,29,32). The zero-order chi connectivity index (χ0) is 23.8. The molecule has 32 heavy (non-hydrogen) atoms. The molecule has 1 atom stereocenters. The molecule has 172 valence electrons. The summed E-state index contributed by atoms with van der Waals surface area (Å²) in [7, 11) is 1.20. The van der Waals surface area contributed by atoms with Crippen molar-refractivity contribution in [3.8, 4) is 22.8 Å². The fourth-order valence-corrected chi connectivity index (χ4v) is 3.59. The lowest BCUT2D eigenvalue weighted by Crippen LogP contribution is -2.22. The molecule has 0 aliphatic rings. The molecule has 0 radical (unpaired) electrons. The SMILES string of the molecule is CCC(C)n1c(=S)[nH]c(=O)c2c(C(F)(F)F)cc(-c3ccc(OC(F)F)c(OC)c3)nc21. The van der Waals surface area contributed by atoms with Crippen LogP contribution in [0.2, 0.25) is 0 Å². The molecule has 0 saturated carbocycles. The van der Waals surface area contributed by atoms with Crippen LogP contribution < -0.4 is 15.0 Å². The van der Waals surface area contributed by atoms with Gasteiger partial charge in [0.25, 0.3) is 5.56 Å². The first-order valence-corrected chi connectivity index (χ1v) is 9.78. The minimum absolute atomic E-state index is 0.0621. The Morgan fingerprint density at radius 1 is 1.22 bits per heavy atom. The van der Waals surface area contributed by atoms with Gasteiger partial charge >= 0.3 is 12.8 Å². The monoisotopic (exact) mass is 475 g/mol. The normalized spacial score (nSPS) is 12.9. The van der Waals surface area contributed by atoms with Crippen LogP contribution in [-0.4, -0.2) is 28.3 Å². The highest BCUT2D eigenvalue weighted by Gasteiger charge is 2.36. The number of hydrogen-bond donors (Lipinski definition) is 1. The Kier molecular flexibility index (Phi) is 6.54.